The average molecular weight is 371 g/mol. The van der Waals surface area contributed by atoms with Gasteiger partial charge in [0.2, 0.25) is 23.6 Å². The van der Waals surface area contributed by atoms with Gasteiger partial charge in [-0.2, -0.15) is 0 Å². The van der Waals surface area contributed by atoms with Gasteiger partial charge in [0, 0.05) is 31.8 Å². The van der Waals surface area contributed by atoms with E-state index >= 15 is 0 Å². The molecule has 0 saturated carbocycles. The molecule has 0 aromatic heterocycles. The van der Waals surface area contributed by atoms with E-state index in [1.807, 2.05) is 35.2 Å². The number of hydrogen-bond donors (Lipinski definition) is 2. The quantitative estimate of drug-likeness (QED) is 0.748. The van der Waals surface area contributed by atoms with E-state index in [2.05, 4.69) is 10.6 Å². The van der Waals surface area contributed by atoms with Crippen LogP contribution in [-0.2, 0) is 25.6 Å². The number of amides is 4. The summed E-state index contributed by atoms with van der Waals surface area (Å²) in [7, 11) is 0. The van der Waals surface area contributed by atoms with Gasteiger partial charge in [-0.25, -0.2) is 0 Å². The molecule has 7 heteroatoms. The zero-order valence-corrected chi connectivity index (χ0v) is 15.3. The molecule has 7 nitrogen and oxygen atoms in total. The predicted octanol–water partition coefficient (Wildman–Crippen LogP) is 0.779. The Morgan fingerprint density at radius 2 is 1.78 bits per heavy atom. The number of nitrogens with zero attached hydrogens (tertiary/aromatic N) is 1. The number of likely N-dealkylation sites (tertiary alicyclic amines) is 1. The Morgan fingerprint density at radius 3 is 2.44 bits per heavy atom. The van der Waals surface area contributed by atoms with E-state index in [1.165, 1.54) is 0 Å². The van der Waals surface area contributed by atoms with Crippen LogP contribution in [0, 0.1) is 5.92 Å². The highest BCUT2D eigenvalue weighted by molar-refractivity contribution is 6.01. The topological polar surface area (TPSA) is 95.6 Å². The molecule has 2 heterocycles. The molecule has 4 amide bonds. The number of rotatable bonds is 5. The molecule has 0 bridgehead atoms. The van der Waals surface area contributed by atoms with Crippen LogP contribution in [0.1, 0.15) is 37.7 Å². The Balaban J connectivity index is 1.41. The van der Waals surface area contributed by atoms with Crippen molar-refractivity contribution >= 4 is 23.6 Å². The van der Waals surface area contributed by atoms with Crippen LogP contribution >= 0.6 is 0 Å². The fraction of sp³-hybridized carbons (Fsp3) is 0.500. The van der Waals surface area contributed by atoms with Crippen molar-refractivity contribution in [3.63, 3.8) is 0 Å². The second-order valence-corrected chi connectivity index (χ2v) is 7.15. The average Bonchev–Trinajstić information content (AvgIpc) is 2.69. The van der Waals surface area contributed by atoms with E-state index < -0.39 is 11.9 Å². The first-order valence-corrected chi connectivity index (χ1v) is 9.48. The van der Waals surface area contributed by atoms with Crippen molar-refractivity contribution in [3.05, 3.63) is 35.9 Å². The maximum Gasteiger partial charge on any atom is 0.249 e. The maximum atomic E-state index is 12.4. The van der Waals surface area contributed by atoms with Crippen molar-refractivity contribution < 1.29 is 19.2 Å². The lowest BCUT2D eigenvalue weighted by molar-refractivity contribution is -0.139. The van der Waals surface area contributed by atoms with Crippen LogP contribution in [0.15, 0.2) is 30.3 Å². The molecule has 2 saturated heterocycles. The molecular formula is C20H25N3O4. The molecule has 2 N–H and O–H groups in total. The highest BCUT2D eigenvalue weighted by Gasteiger charge is 2.32. The second kappa shape index (κ2) is 8.79. The summed E-state index contributed by atoms with van der Waals surface area (Å²) in [4.78, 5) is 49.5. The summed E-state index contributed by atoms with van der Waals surface area (Å²) in [5.74, 6) is -0.988. The van der Waals surface area contributed by atoms with Crippen LogP contribution in [0.3, 0.4) is 0 Å². The van der Waals surface area contributed by atoms with Gasteiger partial charge in [-0.3, -0.25) is 24.5 Å². The Hall–Kier alpha value is -2.70. The van der Waals surface area contributed by atoms with E-state index in [9.17, 15) is 19.2 Å². The summed E-state index contributed by atoms with van der Waals surface area (Å²) in [6.07, 6.45) is 2.96. The molecule has 3 rings (SSSR count). The highest BCUT2D eigenvalue weighted by Crippen LogP contribution is 2.19. The third-order valence-corrected chi connectivity index (χ3v) is 5.24. The SMILES string of the molecule is O=C1CCC(NC(=O)C2CCN(C(=O)CCc3ccccc3)CC2)C(=O)N1. The number of aryl methyl sites for hydroxylation is 1. The maximum absolute atomic E-state index is 12.4. The van der Waals surface area contributed by atoms with Crippen molar-refractivity contribution in [2.24, 2.45) is 5.92 Å². The van der Waals surface area contributed by atoms with Crippen LogP contribution < -0.4 is 10.6 Å². The molecule has 1 atom stereocenters. The van der Waals surface area contributed by atoms with Gasteiger partial charge < -0.3 is 10.2 Å². The van der Waals surface area contributed by atoms with Crippen LogP contribution in [0.5, 0.6) is 0 Å². The lowest BCUT2D eigenvalue weighted by atomic mass is 9.94. The number of carbonyl (C=O) groups excluding carboxylic acids is 4. The Labute approximate surface area is 158 Å². The molecule has 2 aliphatic rings. The molecule has 0 spiro atoms. The van der Waals surface area contributed by atoms with E-state index in [4.69, 9.17) is 0 Å². The molecule has 2 aliphatic heterocycles. The van der Waals surface area contributed by atoms with Gasteiger partial charge in [-0.1, -0.05) is 30.3 Å². The fourth-order valence-electron chi connectivity index (χ4n) is 3.57. The summed E-state index contributed by atoms with van der Waals surface area (Å²) < 4.78 is 0. The minimum Gasteiger partial charge on any atom is -0.344 e. The van der Waals surface area contributed by atoms with Gasteiger partial charge in [-0.15, -0.1) is 0 Å². The third-order valence-electron chi connectivity index (χ3n) is 5.24. The highest BCUT2D eigenvalue weighted by atomic mass is 16.2. The summed E-state index contributed by atoms with van der Waals surface area (Å²) >= 11 is 0. The first-order valence-electron chi connectivity index (χ1n) is 9.48. The van der Waals surface area contributed by atoms with Crippen molar-refractivity contribution in [1.29, 1.82) is 0 Å². The normalized spacial score (nSPS) is 20.9. The molecule has 1 aromatic carbocycles. The number of piperidine rings is 2. The monoisotopic (exact) mass is 371 g/mol. The van der Waals surface area contributed by atoms with Gasteiger partial charge in [0.25, 0.3) is 0 Å². The van der Waals surface area contributed by atoms with Crippen LogP contribution in [0.2, 0.25) is 0 Å². The number of hydrogen-bond acceptors (Lipinski definition) is 4. The first kappa shape index (κ1) is 19.1. The van der Waals surface area contributed by atoms with E-state index in [-0.39, 0.29) is 30.1 Å². The zero-order valence-electron chi connectivity index (χ0n) is 15.3. The molecule has 1 aromatic rings. The first-order chi connectivity index (χ1) is 13.0. The second-order valence-electron chi connectivity index (χ2n) is 7.15. The molecular weight excluding hydrogens is 346 g/mol. The van der Waals surface area contributed by atoms with Crippen LogP contribution in [-0.4, -0.2) is 47.7 Å². The number of benzene rings is 1. The number of nitrogens with one attached hydrogen (secondary N) is 2. The lowest BCUT2D eigenvalue weighted by Gasteiger charge is -2.32. The zero-order chi connectivity index (χ0) is 19.2. The predicted molar refractivity (Wildman–Crippen MR) is 98.4 cm³/mol. The van der Waals surface area contributed by atoms with Gasteiger partial charge >= 0.3 is 0 Å². The van der Waals surface area contributed by atoms with E-state index in [1.54, 1.807) is 0 Å². The van der Waals surface area contributed by atoms with Gasteiger partial charge in [0.15, 0.2) is 0 Å². The number of carbonyl (C=O) groups is 4. The largest absolute Gasteiger partial charge is 0.344 e. The summed E-state index contributed by atoms with van der Waals surface area (Å²) in [5, 5.41) is 4.98. The van der Waals surface area contributed by atoms with Crippen LogP contribution in [0.25, 0.3) is 0 Å². The van der Waals surface area contributed by atoms with Gasteiger partial charge in [0.1, 0.15) is 6.04 Å². The van der Waals surface area contributed by atoms with Crippen molar-refractivity contribution in [2.45, 2.75) is 44.6 Å². The summed E-state index contributed by atoms with van der Waals surface area (Å²) in [6, 6.07) is 9.27. The molecule has 27 heavy (non-hydrogen) atoms. The van der Waals surface area contributed by atoms with Crippen molar-refractivity contribution in [3.8, 4) is 0 Å². The summed E-state index contributed by atoms with van der Waals surface area (Å²) in [6.45, 7) is 1.11. The smallest absolute Gasteiger partial charge is 0.249 e. The van der Waals surface area contributed by atoms with E-state index in [0.717, 1.165) is 12.0 Å². The Kier molecular flexibility index (Phi) is 6.21. The molecule has 2 fully saturated rings. The number of imide groups is 1. The molecule has 1 unspecified atom stereocenters. The molecule has 0 aliphatic carbocycles. The molecule has 0 radical (unpaired) electrons. The standard InChI is InChI=1S/C20H25N3O4/c24-17-8-7-16(20(27)22-17)21-19(26)15-10-12-23(13-11-15)18(25)9-6-14-4-2-1-3-5-14/h1-5,15-16H,6-13H2,(H,21,26)(H,22,24,27). The minimum absolute atomic E-state index is 0.114. The molecule has 144 valence electrons. The fourth-order valence-corrected chi connectivity index (χ4v) is 3.57. The summed E-state index contributed by atoms with van der Waals surface area (Å²) in [5.41, 5.74) is 1.14. The van der Waals surface area contributed by atoms with Gasteiger partial charge in [0.05, 0.1) is 0 Å². The van der Waals surface area contributed by atoms with Gasteiger partial charge in [-0.05, 0) is 31.2 Å². The lowest BCUT2D eigenvalue weighted by Crippen LogP contribution is -2.54. The van der Waals surface area contributed by atoms with Crippen LogP contribution in [0.4, 0.5) is 0 Å². The third kappa shape index (κ3) is 5.15. The van der Waals surface area contributed by atoms with Crippen molar-refractivity contribution in [2.75, 3.05) is 13.1 Å². The van der Waals surface area contributed by atoms with E-state index in [0.29, 0.717) is 38.8 Å². The Bertz CT molecular complexity index is 711. The Morgan fingerprint density at radius 1 is 1.07 bits per heavy atom. The van der Waals surface area contributed by atoms with Crippen molar-refractivity contribution in [1.82, 2.24) is 15.5 Å². The minimum atomic E-state index is -0.638.